The maximum absolute atomic E-state index is 5.94. The van der Waals surface area contributed by atoms with Gasteiger partial charge in [-0.15, -0.1) is 11.3 Å². The fraction of sp³-hybridized carbons (Fsp3) is 0.250. The highest BCUT2D eigenvalue weighted by Gasteiger charge is 2.23. The number of aryl methyl sites for hydroxylation is 2. The number of hydrogen-bond donors (Lipinski definition) is 2. The molecule has 0 radical (unpaired) electrons. The molecule has 3 aromatic rings. The molecule has 3 nitrogen and oxygen atoms in total. The van der Waals surface area contributed by atoms with Gasteiger partial charge in [0.1, 0.15) is 17.4 Å². The van der Waals surface area contributed by atoms with Gasteiger partial charge in [0.15, 0.2) is 0 Å². The minimum Gasteiger partial charge on any atom is -0.459 e. The molecule has 0 amide bonds. The molecule has 4 rings (SSSR count). The molecule has 0 fully saturated rings. The van der Waals surface area contributed by atoms with E-state index in [4.69, 9.17) is 10.3 Å². The first-order valence-electron chi connectivity index (χ1n) is 6.91. The fourth-order valence-corrected chi connectivity index (χ4v) is 4.27. The third-order valence-electron chi connectivity index (χ3n) is 3.95. The summed E-state index contributed by atoms with van der Waals surface area (Å²) >= 11 is 1.86. The third kappa shape index (κ3) is 1.88. The van der Waals surface area contributed by atoms with Crippen LogP contribution in [0.5, 0.6) is 0 Å². The lowest BCUT2D eigenvalue weighted by molar-refractivity contribution is 0.481. The van der Waals surface area contributed by atoms with Crippen LogP contribution in [0.3, 0.4) is 0 Å². The molecule has 2 heterocycles. The normalized spacial score (nSPS) is 15.7. The van der Waals surface area contributed by atoms with Crippen LogP contribution in [0.25, 0.3) is 11.0 Å². The Morgan fingerprint density at radius 3 is 2.90 bits per heavy atom. The highest BCUT2D eigenvalue weighted by molar-refractivity contribution is 7.12. The lowest BCUT2D eigenvalue weighted by Crippen LogP contribution is -2.27. The van der Waals surface area contributed by atoms with Gasteiger partial charge in [0.2, 0.25) is 0 Å². The number of rotatable bonds is 3. The number of benzene rings is 1. The van der Waals surface area contributed by atoms with Crippen molar-refractivity contribution in [3.63, 3.8) is 0 Å². The topological polar surface area (TPSA) is 51.2 Å². The zero-order valence-corrected chi connectivity index (χ0v) is 11.9. The van der Waals surface area contributed by atoms with E-state index in [2.05, 4.69) is 23.6 Å². The van der Waals surface area contributed by atoms with E-state index in [1.807, 2.05) is 29.5 Å². The van der Waals surface area contributed by atoms with E-state index in [-0.39, 0.29) is 6.04 Å². The number of nitrogens with two attached hydrogens (primary N) is 1. The largest absolute Gasteiger partial charge is 0.459 e. The Morgan fingerprint density at radius 2 is 2.10 bits per heavy atom. The molecule has 0 saturated heterocycles. The van der Waals surface area contributed by atoms with Gasteiger partial charge in [-0.25, -0.2) is 5.43 Å². The second kappa shape index (κ2) is 4.74. The molecule has 1 atom stereocenters. The predicted molar refractivity (Wildman–Crippen MR) is 81.7 cm³/mol. The summed E-state index contributed by atoms with van der Waals surface area (Å²) in [6.45, 7) is 0. The van der Waals surface area contributed by atoms with Crippen molar-refractivity contribution in [2.24, 2.45) is 5.84 Å². The number of nitrogens with one attached hydrogen (secondary N) is 1. The summed E-state index contributed by atoms with van der Waals surface area (Å²) in [5.74, 6) is 6.66. The van der Waals surface area contributed by atoms with Crippen LogP contribution in [-0.4, -0.2) is 0 Å². The molecule has 3 N–H and O–H groups in total. The molecule has 4 heteroatoms. The summed E-state index contributed by atoms with van der Waals surface area (Å²) in [6, 6.07) is 12.4. The number of hydrogen-bond acceptors (Lipinski definition) is 4. The maximum Gasteiger partial charge on any atom is 0.134 e. The second-order valence-corrected chi connectivity index (χ2v) is 6.41. The SMILES string of the molecule is NNC(c1cc2ccccc2o1)c1cc2c(s1)CCC2. The summed E-state index contributed by atoms with van der Waals surface area (Å²) < 4.78 is 5.94. The molecule has 0 bridgehead atoms. The zero-order chi connectivity index (χ0) is 13.5. The van der Waals surface area contributed by atoms with Crippen LogP contribution >= 0.6 is 11.3 Å². The van der Waals surface area contributed by atoms with E-state index in [0.29, 0.717) is 0 Å². The quantitative estimate of drug-likeness (QED) is 0.571. The minimum absolute atomic E-state index is 0.0574. The van der Waals surface area contributed by atoms with Crippen molar-refractivity contribution in [2.45, 2.75) is 25.3 Å². The Morgan fingerprint density at radius 1 is 1.20 bits per heavy atom. The first kappa shape index (κ1) is 12.1. The molecule has 0 saturated carbocycles. The minimum atomic E-state index is -0.0574. The predicted octanol–water partition coefficient (Wildman–Crippen LogP) is 3.54. The molecule has 1 aromatic carbocycles. The average Bonchev–Trinajstić information content (AvgIpc) is 3.12. The van der Waals surface area contributed by atoms with Crippen LogP contribution < -0.4 is 11.3 Å². The summed E-state index contributed by atoms with van der Waals surface area (Å²) in [4.78, 5) is 2.76. The van der Waals surface area contributed by atoms with Gasteiger partial charge in [-0.1, -0.05) is 18.2 Å². The highest BCUT2D eigenvalue weighted by Crippen LogP contribution is 2.37. The second-order valence-electron chi connectivity index (χ2n) is 5.24. The van der Waals surface area contributed by atoms with Crippen LogP contribution in [0.15, 0.2) is 40.8 Å². The van der Waals surface area contributed by atoms with E-state index in [1.165, 1.54) is 34.6 Å². The van der Waals surface area contributed by atoms with Crippen molar-refractivity contribution >= 4 is 22.3 Å². The standard InChI is InChI=1S/C16H16N2OS/c17-18-16(15-9-11-5-3-7-14(11)20-15)13-8-10-4-1-2-6-12(10)19-13/h1-2,4,6,8-9,16,18H,3,5,7,17H2. The van der Waals surface area contributed by atoms with Crippen molar-refractivity contribution in [1.82, 2.24) is 5.43 Å². The molecule has 0 spiro atoms. The van der Waals surface area contributed by atoms with Crippen LogP contribution in [0, 0.1) is 0 Å². The molecule has 1 aliphatic carbocycles. The summed E-state index contributed by atoms with van der Waals surface area (Å²) in [5, 5.41) is 1.12. The van der Waals surface area contributed by atoms with Gasteiger partial charge in [0.05, 0.1) is 0 Å². The van der Waals surface area contributed by atoms with E-state index in [0.717, 1.165) is 16.7 Å². The number of para-hydroxylation sites is 1. The summed E-state index contributed by atoms with van der Waals surface area (Å²) in [6.07, 6.45) is 3.69. The number of hydrazine groups is 1. The van der Waals surface area contributed by atoms with Crippen LogP contribution in [-0.2, 0) is 12.8 Å². The first-order valence-corrected chi connectivity index (χ1v) is 7.73. The Bertz CT molecular complexity index is 704. The van der Waals surface area contributed by atoms with Gasteiger partial charge in [-0.3, -0.25) is 5.84 Å². The van der Waals surface area contributed by atoms with Crippen LogP contribution in [0.4, 0.5) is 0 Å². The van der Waals surface area contributed by atoms with E-state index in [9.17, 15) is 0 Å². The molecule has 1 unspecified atom stereocenters. The zero-order valence-electron chi connectivity index (χ0n) is 11.1. The molecular weight excluding hydrogens is 268 g/mol. The van der Waals surface area contributed by atoms with E-state index in [1.54, 1.807) is 0 Å². The van der Waals surface area contributed by atoms with Crippen molar-refractivity contribution in [1.29, 1.82) is 0 Å². The number of thiophene rings is 1. The van der Waals surface area contributed by atoms with Gasteiger partial charge in [-0.2, -0.15) is 0 Å². The smallest absolute Gasteiger partial charge is 0.134 e. The molecule has 2 aromatic heterocycles. The van der Waals surface area contributed by atoms with Gasteiger partial charge >= 0.3 is 0 Å². The van der Waals surface area contributed by atoms with Gasteiger partial charge in [0, 0.05) is 15.1 Å². The van der Waals surface area contributed by atoms with Crippen LogP contribution in [0.2, 0.25) is 0 Å². The molecule has 102 valence electrons. The lowest BCUT2D eigenvalue weighted by Gasteiger charge is -2.11. The molecule has 1 aliphatic rings. The molecule has 0 aliphatic heterocycles. The van der Waals surface area contributed by atoms with Crippen molar-refractivity contribution in [3.8, 4) is 0 Å². The van der Waals surface area contributed by atoms with Crippen LogP contribution in [0.1, 0.15) is 33.5 Å². The fourth-order valence-electron chi connectivity index (χ4n) is 2.94. The lowest BCUT2D eigenvalue weighted by atomic mass is 10.1. The molecule has 20 heavy (non-hydrogen) atoms. The van der Waals surface area contributed by atoms with Gasteiger partial charge < -0.3 is 4.42 Å². The Hall–Kier alpha value is -1.62. The monoisotopic (exact) mass is 284 g/mol. The Balaban J connectivity index is 1.76. The van der Waals surface area contributed by atoms with Crippen molar-refractivity contribution in [3.05, 3.63) is 57.5 Å². The Kier molecular flexibility index (Phi) is 2.88. The molecular formula is C16H16N2OS. The number of fused-ring (bicyclic) bond motifs is 2. The maximum atomic E-state index is 5.94. The summed E-state index contributed by atoms with van der Waals surface area (Å²) in [7, 11) is 0. The first-order chi connectivity index (χ1) is 9.85. The van der Waals surface area contributed by atoms with E-state index < -0.39 is 0 Å². The Labute approximate surface area is 121 Å². The average molecular weight is 284 g/mol. The van der Waals surface area contributed by atoms with Gasteiger partial charge in [-0.05, 0) is 43.0 Å². The van der Waals surface area contributed by atoms with Crippen molar-refractivity contribution in [2.75, 3.05) is 0 Å². The summed E-state index contributed by atoms with van der Waals surface area (Å²) in [5.41, 5.74) is 5.30. The van der Waals surface area contributed by atoms with E-state index >= 15 is 0 Å². The van der Waals surface area contributed by atoms with Gasteiger partial charge in [0.25, 0.3) is 0 Å². The third-order valence-corrected chi connectivity index (χ3v) is 5.25. The van der Waals surface area contributed by atoms with Crippen molar-refractivity contribution < 1.29 is 4.42 Å². The highest BCUT2D eigenvalue weighted by atomic mass is 32.1. The number of furan rings is 1.